The maximum Gasteiger partial charge on any atom is 0.336 e. The Morgan fingerprint density at radius 2 is 2.21 bits per heavy atom. The van der Waals surface area contributed by atoms with Crippen molar-refractivity contribution in [1.82, 2.24) is 4.72 Å². The molecule has 2 atom stereocenters. The normalized spacial score (nSPS) is 15.1. The van der Waals surface area contributed by atoms with Crippen LogP contribution in [0.5, 0.6) is 0 Å². The second-order valence-electron chi connectivity index (χ2n) is 3.83. The van der Waals surface area contributed by atoms with Crippen LogP contribution < -0.4 is 4.72 Å². The smallest absolute Gasteiger partial charge is 0.336 e. The van der Waals surface area contributed by atoms with Gasteiger partial charge in [-0.25, -0.2) is 17.9 Å². The predicted molar refractivity (Wildman–Crippen MR) is 75.5 cm³/mol. The third kappa shape index (κ3) is 4.18. The van der Waals surface area contributed by atoms with Gasteiger partial charge in [-0.3, -0.25) is 0 Å². The zero-order chi connectivity index (χ0) is 14.6. The van der Waals surface area contributed by atoms with E-state index in [9.17, 15) is 13.2 Å². The van der Waals surface area contributed by atoms with Crippen molar-refractivity contribution in [3.05, 3.63) is 17.0 Å². The van der Waals surface area contributed by atoms with Crippen LogP contribution in [-0.2, 0) is 10.0 Å². The Morgan fingerprint density at radius 1 is 1.58 bits per heavy atom. The summed E-state index contributed by atoms with van der Waals surface area (Å²) in [6, 6.07) is 0.662. The molecule has 108 valence electrons. The molecule has 1 heterocycles. The predicted octanol–water partition coefficient (Wildman–Crippen LogP) is 0.837. The monoisotopic (exact) mass is 325 g/mol. The maximum absolute atomic E-state index is 12.0. The van der Waals surface area contributed by atoms with Gasteiger partial charge in [-0.2, -0.15) is 11.8 Å². The second kappa shape index (κ2) is 6.71. The van der Waals surface area contributed by atoms with E-state index in [4.69, 9.17) is 10.2 Å². The molecule has 6 nitrogen and oxygen atoms in total. The fourth-order valence-electron chi connectivity index (χ4n) is 1.39. The minimum Gasteiger partial charge on any atom is -0.478 e. The maximum atomic E-state index is 12.0. The molecule has 2 unspecified atom stereocenters. The van der Waals surface area contributed by atoms with Gasteiger partial charge in [0.15, 0.2) is 0 Å². The van der Waals surface area contributed by atoms with Gasteiger partial charge in [-0.15, -0.1) is 11.3 Å². The summed E-state index contributed by atoms with van der Waals surface area (Å²) < 4.78 is 26.4. The molecule has 0 aromatic carbocycles. The topological polar surface area (TPSA) is 104 Å². The van der Waals surface area contributed by atoms with E-state index in [1.165, 1.54) is 17.1 Å². The number of aliphatic hydroxyl groups is 1. The number of carboxylic acid groups (broad SMARTS) is 1. The lowest BCUT2D eigenvalue weighted by Crippen LogP contribution is -2.40. The summed E-state index contributed by atoms with van der Waals surface area (Å²) in [7, 11) is -3.76. The molecular formula is C10H15NO5S3. The highest BCUT2D eigenvalue weighted by molar-refractivity contribution is 7.99. The molecule has 1 rings (SSSR count). The third-order valence-electron chi connectivity index (χ3n) is 2.47. The Morgan fingerprint density at radius 3 is 2.63 bits per heavy atom. The van der Waals surface area contributed by atoms with E-state index >= 15 is 0 Å². The van der Waals surface area contributed by atoms with Gasteiger partial charge >= 0.3 is 5.97 Å². The summed E-state index contributed by atoms with van der Waals surface area (Å²) in [5.41, 5.74) is -0.0541. The fraction of sp³-hybridized carbons (Fsp3) is 0.500. The molecule has 0 saturated carbocycles. The quantitative estimate of drug-likeness (QED) is 0.686. The molecule has 9 heteroatoms. The average molecular weight is 325 g/mol. The van der Waals surface area contributed by atoms with Gasteiger partial charge < -0.3 is 10.2 Å². The molecule has 0 spiro atoms. The second-order valence-corrected chi connectivity index (χ2v) is 7.76. The lowest BCUT2D eigenvalue weighted by molar-refractivity contribution is 0.0697. The molecular weight excluding hydrogens is 310 g/mol. The number of carbonyl (C=O) groups is 1. The van der Waals surface area contributed by atoms with Gasteiger partial charge in [0.25, 0.3) is 0 Å². The number of carboxylic acids is 1. The zero-order valence-corrected chi connectivity index (χ0v) is 12.8. The van der Waals surface area contributed by atoms with Gasteiger partial charge in [-0.05, 0) is 19.2 Å². The van der Waals surface area contributed by atoms with Crippen LogP contribution in [0, 0.1) is 0 Å². The Labute approximate surface area is 119 Å². The molecule has 0 amide bonds. The minimum atomic E-state index is -3.76. The standard InChI is InChI=1S/C10H15NO5S3/c1-6(8(4-12)17-2)11-19(15,16)9-3-7(5-18-9)10(13)14/h3,5-6,8,11-12H,4H2,1-2H3,(H,13,14). The van der Waals surface area contributed by atoms with E-state index < -0.39 is 22.0 Å². The van der Waals surface area contributed by atoms with Crippen molar-refractivity contribution < 1.29 is 23.4 Å². The largest absolute Gasteiger partial charge is 0.478 e. The molecule has 1 aromatic heterocycles. The van der Waals surface area contributed by atoms with Crippen LogP contribution in [0.2, 0.25) is 0 Å². The van der Waals surface area contributed by atoms with Gasteiger partial charge in [0.05, 0.1) is 12.2 Å². The number of hydrogen-bond donors (Lipinski definition) is 3. The molecule has 0 saturated heterocycles. The molecule has 0 aliphatic rings. The average Bonchev–Trinajstić information content (AvgIpc) is 2.79. The summed E-state index contributed by atoms with van der Waals surface area (Å²) in [4.78, 5) is 10.7. The summed E-state index contributed by atoms with van der Waals surface area (Å²) >= 11 is 2.21. The van der Waals surface area contributed by atoms with E-state index in [0.717, 1.165) is 17.4 Å². The van der Waals surface area contributed by atoms with Crippen LogP contribution in [0.4, 0.5) is 0 Å². The number of nitrogens with one attached hydrogen (secondary N) is 1. The summed E-state index contributed by atoms with van der Waals surface area (Å²) in [6.45, 7) is 1.51. The van der Waals surface area contributed by atoms with Crippen molar-refractivity contribution in [2.24, 2.45) is 0 Å². The Kier molecular flexibility index (Phi) is 5.81. The van der Waals surface area contributed by atoms with Crippen LogP contribution in [0.25, 0.3) is 0 Å². The first-order chi connectivity index (χ1) is 8.81. The van der Waals surface area contributed by atoms with Gasteiger partial charge in [0.2, 0.25) is 10.0 Å². The van der Waals surface area contributed by atoms with E-state index in [-0.39, 0.29) is 21.6 Å². The molecule has 1 aromatic rings. The van der Waals surface area contributed by atoms with E-state index in [0.29, 0.717) is 0 Å². The van der Waals surface area contributed by atoms with Gasteiger partial charge in [0.1, 0.15) is 4.21 Å². The molecule has 0 radical (unpaired) electrons. The lowest BCUT2D eigenvalue weighted by atomic mass is 10.3. The van der Waals surface area contributed by atoms with Crippen molar-refractivity contribution in [3.8, 4) is 0 Å². The molecule has 0 aliphatic carbocycles. The lowest BCUT2D eigenvalue weighted by Gasteiger charge is -2.20. The minimum absolute atomic E-state index is 0.0467. The van der Waals surface area contributed by atoms with E-state index in [2.05, 4.69) is 4.72 Å². The number of sulfonamides is 1. The van der Waals surface area contributed by atoms with Crippen molar-refractivity contribution in [3.63, 3.8) is 0 Å². The molecule has 0 aliphatic heterocycles. The third-order valence-corrected chi connectivity index (χ3v) is 6.63. The van der Waals surface area contributed by atoms with Crippen molar-refractivity contribution >= 4 is 39.1 Å². The first-order valence-electron chi connectivity index (χ1n) is 5.29. The first kappa shape index (κ1) is 16.4. The van der Waals surface area contributed by atoms with Crippen LogP contribution in [0.15, 0.2) is 15.7 Å². The van der Waals surface area contributed by atoms with Crippen LogP contribution in [-0.4, -0.2) is 48.8 Å². The summed E-state index contributed by atoms with van der Waals surface area (Å²) in [5, 5.41) is 18.9. The SMILES string of the molecule is CSC(CO)C(C)NS(=O)(=O)c1cc(C(=O)O)cs1. The summed E-state index contributed by atoms with van der Waals surface area (Å²) in [5.74, 6) is -1.16. The molecule has 19 heavy (non-hydrogen) atoms. The molecule has 3 N–H and O–H groups in total. The van der Waals surface area contributed by atoms with Crippen LogP contribution in [0.3, 0.4) is 0 Å². The molecule has 0 fully saturated rings. The fourth-order valence-corrected chi connectivity index (χ4v) is 4.55. The van der Waals surface area contributed by atoms with E-state index in [1.54, 1.807) is 13.2 Å². The Balaban J connectivity index is 2.88. The number of aliphatic hydroxyl groups excluding tert-OH is 1. The highest BCUT2D eigenvalue weighted by Crippen LogP contribution is 2.21. The Hall–Kier alpha value is -0.610. The number of hydrogen-bond acceptors (Lipinski definition) is 6. The highest BCUT2D eigenvalue weighted by atomic mass is 32.2. The number of thiophene rings is 1. The molecule has 0 bridgehead atoms. The zero-order valence-electron chi connectivity index (χ0n) is 10.4. The van der Waals surface area contributed by atoms with Crippen molar-refractivity contribution in [2.45, 2.75) is 22.4 Å². The first-order valence-corrected chi connectivity index (χ1v) is 8.94. The number of rotatable bonds is 7. The van der Waals surface area contributed by atoms with Crippen LogP contribution in [0.1, 0.15) is 17.3 Å². The summed E-state index contributed by atoms with van der Waals surface area (Å²) in [6.07, 6.45) is 1.78. The Bertz CT molecular complexity index is 535. The van der Waals surface area contributed by atoms with Gasteiger partial charge in [0, 0.05) is 16.7 Å². The highest BCUT2D eigenvalue weighted by Gasteiger charge is 2.24. The van der Waals surface area contributed by atoms with Crippen LogP contribution >= 0.6 is 23.1 Å². The van der Waals surface area contributed by atoms with Crippen molar-refractivity contribution in [2.75, 3.05) is 12.9 Å². The number of aromatic carboxylic acids is 1. The van der Waals surface area contributed by atoms with Crippen molar-refractivity contribution in [1.29, 1.82) is 0 Å². The number of thioether (sulfide) groups is 1. The van der Waals surface area contributed by atoms with Gasteiger partial charge in [-0.1, -0.05) is 0 Å². The van der Waals surface area contributed by atoms with E-state index in [1.807, 2.05) is 0 Å².